The van der Waals surface area contributed by atoms with Gasteiger partial charge in [0.05, 0.1) is 0 Å². The van der Waals surface area contributed by atoms with Gasteiger partial charge < -0.3 is 24.8 Å². The van der Waals surface area contributed by atoms with Crippen LogP contribution in [-0.2, 0) is 26.2 Å². The minimum atomic E-state index is -0.635. The quantitative estimate of drug-likeness (QED) is 0.167. The van der Waals surface area contributed by atoms with Gasteiger partial charge in [-0.25, -0.2) is 0 Å². The molecule has 1 atom stereocenters. The molecule has 0 saturated carbocycles. The van der Waals surface area contributed by atoms with E-state index < -0.39 is 7.53 Å². The molecule has 0 aliphatic rings. The Morgan fingerprint density at radius 1 is 0.558 bits per heavy atom. The normalized spacial score (nSPS) is 11.0. The molecule has 9 rings (SSSR count). The summed E-state index contributed by atoms with van der Waals surface area (Å²) in [5.74, 6) is 0. The average Bonchev–Trinajstić information content (AvgIpc) is 3.65. The molecule has 210 valence electrons. The molecule has 4 bridgehead atoms. The second-order valence-electron chi connectivity index (χ2n) is 9.85. The van der Waals surface area contributed by atoms with Gasteiger partial charge in [0.2, 0.25) is 0 Å². The van der Waals surface area contributed by atoms with Gasteiger partial charge in [0.25, 0.3) is 0 Å². The van der Waals surface area contributed by atoms with Gasteiger partial charge >= 0.3 is 26.2 Å². The number of fused-ring (bicyclic) bond motifs is 3. The molecule has 0 saturated heterocycles. The van der Waals surface area contributed by atoms with Gasteiger partial charge in [0, 0.05) is 5.02 Å². The number of hydrogen-bond acceptors (Lipinski definition) is 0. The third-order valence-corrected chi connectivity index (χ3v) is 10.8. The van der Waals surface area contributed by atoms with Crippen molar-refractivity contribution in [3.8, 4) is 16.4 Å². The summed E-state index contributed by atoms with van der Waals surface area (Å²) in [4.78, 5) is 0. The standard InChI is InChI=1S/C21H12Cl2P.C15H10Cl.2ClH.Zr/c22-15-3-7-17(8-4-15)24-16-5-1-13(2-6-16)14-11-18-19(12-14)21(24)10-9-20(18)23;16-15-8-4-7-12-9-13(10-14(12)15)11-5-2-1-3-6-11;;;/h1-12H;1-10H;2*1H;/q2*-1;;;+4/p-2. The first-order chi connectivity index (χ1) is 19.5. The van der Waals surface area contributed by atoms with Crippen molar-refractivity contribution in [3.05, 3.63) is 149 Å². The van der Waals surface area contributed by atoms with Gasteiger partial charge in [0.15, 0.2) is 0 Å². The maximum atomic E-state index is 6.47. The Morgan fingerprint density at radius 2 is 1.26 bits per heavy atom. The van der Waals surface area contributed by atoms with E-state index in [0.717, 1.165) is 25.8 Å². The summed E-state index contributed by atoms with van der Waals surface area (Å²) in [6, 6.07) is 46.6. The van der Waals surface area contributed by atoms with Gasteiger partial charge in [-0.2, -0.15) is 0 Å². The van der Waals surface area contributed by atoms with Crippen LogP contribution in [0.5, 0.6) is 0 Å². The molecule has 2 aromatic heterocycles. The third-order valence-electron chi connectivity index (χ3n) is 7.40. The Kier molecular flexibility index (Phi) is 11.3. The first-order valence-electron chi connectivity index (χ1n) is 13.0. The second-order valence-corrected chi connectivity index (χ2v) is 13.3. The Morgan fingerprint density at radius 3 is 1.95 bits per heavy atom. The van der Waals surface area contributed by atoms with Gasteiger partial charge in [0.1, 0.15) is 0 Å². The summed E-state index contributed by atoms with van der Waals surface area (Å²) in [6.07, 6.45) is 0. The molecule has 0 aliphatic heterocycles. The largest absolute Gasteiger partial charge is 4.00 e. The van der Waals surface area contributed by atoms with Crippen LogP contribution in [0.25, 0.3) is 59.0 Å². The number of benzene rings is 5. The zero-order valence-electron chi connectivity index (χ0n) is 22.5. The van der Waals surface area contributed by atoms with Crippen molar-refractivity contribution < 1.29 is 51.0 Å². The van der Waals surface area contributed by atoms with Crippen LogP contribution in [0, 0.1) is 0 Å². The van der Waals surface area contributed by atoms with Crippen LogP contribution in [0.4, 0.5) is 0 Å². The minimum Gasteiger partial charge on any atom is -1.00 e. The van der Waals surface area contributed by atoms with Gasteiger partial charge in [-0.15, -0.1) is 80.0 Å². The SMILES string of the molecule is Clc1ccc(-p2c3ccc(cc3)c3cc4c([cH-]3)c(Cl)ccc42)cc1.Clc1cccc2cc(-c3ccccc3)[cH-]c12.[Cl-].[Cl-].[Zr+4]. The summed E-state index contributed by atoms with van der Waals surface area (Å²) >= 11 is 18.7. The van der Waals surface area contributed by atoms with Crippen molar-refractivity contribution in [1.82, 2.24) is 0 Å². The predicted molar refractivity (Wildman–Crippen MR) is 179 cm³/mol. The van der Waals surface area contributed by atoms with Crippen LogP contribution in [0.15, 0.2) is 133 Å². The van der Waals surface area contributed by atoms with Gasteiger partial charge in [-0.05, 0) is 49.9 Å². The Bertz CT molecular complexity index is 2120. The zero-order valence-corrected chi connectivity index (χ0v) is 29.7. The summed E-state index contributed by atoms with van der Waals surface area (Å²) in [5, 5.41) is 13.6. The van der Waals surface area contributed by atoms with E-state index >= 15 is 0 Å². The van der Waals surface area contributed by atoms with Crippen molar-refractivity contribution >= 4 is 84.9 Å². The number of rotatable bonds is 2. The molecule has 7 aromatic carbocycles. The molecule has 1 unspecified atom stereocenters. The first-order valence-corrected chi connectivity index (χ1v) is 15.5. The van der Waals surface area contributed by atoms with Crippen molar-refractivity contribution in [2.24, 2.45) is 0 Å². The molecular formula is C36H22Cl5PZr. The molecular weight excluding hydrogens is 732 g/mol. The summed E-state index contributed by atoms with van der Waals surface area (Å²) in [5.41, 5.74) is 2.46. The van der Waals surface area contributed by atoms with E-state index in [-0.39, 0.29) is 51.0 Å². The Hall–Kier alpha value is -2.05. The minimum absolute atomic E-state index is 0. The fraction of sp³-hybridized carbons (Fsp3) is 0. The van der Waals surface area contributed by atoms with E-state index in [9.17, 15) is 0 Å². The van der Waals surface area contributed by atoms with Crippen LogP contribution in [0.3, 0.4) is 0 Å². The maximum Gasteiger partial charge on any atom is 4.00 e. The summed E-state index contributed by atoms with van der Waals surface area (Å²) < 4.78 is 0. The molecule has 0 radical (unpaired) electrons. The number of hydrogen-bond donors (Lipinski definition) is 0. The monoisotopic (exact) mass is 750 g/mol. The molecule has 0 fully saturated rings. The van der Waals surface area contributed by atoms with E-state index in [2.05, 4.69) is 97.1 Å². The van der Waals surface area contributed by atoms with E-state index in [1.54, 1.807) is 0 Å². The molecule has 0 aliphatic carbocycles. The van der Waals surface area contributed by atoms with Crippen LogP contribution >= 0.6 is 42.3 Å². The fourth-order valence-electron chi connectivity index (χ4n) is 5.43. The van der Waals surface area contributed by atoms with E-state index in [0.29, 0.717) is 0 Å². The van der Waals surface area contributed by atoms with Crippen molar-refractivity contribution in [2.45, 2.75) is 0 Å². The first kappa shape index (κ1) is 33.8. The molecule has 43 heavy (non-hydrogen) atoms. The second kappa shape index (κ2) is 14.4. The third kappa shape index (κ3) is 6.66. The molecule has 9 aromatic rings. The Labute approximate surface area is 298 Å². The molecule has 0 amide bonds. The smallest absolute Gasteiger partial charge is 1.00 e. The predicted octanol–water partition coefficient (Wildman–Crippen LogP) is 7.03. The van der Waals surface area contributed by atoms with E-state index in [1.807, 2.05) is 36.4 Å². The summed E-state index contributed by atoms with van der Waals surface area (Å²) in [7, 11) is -0.635. The van der Waals surface area contributed by atoms with Crippen molar-refractivity contribution in [2.75, 3.05) is 0 Å². The molecule has 0 N–H and O–H groups in total. The summed E-state index contributed by atoms with van der Waals surface area (Å²) in [6.45, 7) is 0. The average molecular weight is 754 g/mol. The van der Waals surface area contributed by atoms with Crippen LogP contribution in [0.1, 0.15) is 0 Å². The topological polar surface area (TPSA) is 0 Å². The molecule has 7 heteroatoms. The molecule has 0 spiro atoms. The van der Waals surface area contributed by atoms with Gasteiger partial charge in [-0.3, -0.25) is 0 Å². The maximum absolute atomic E-state index is 6.47. The van der Waals surface area contributed by atoms with Crippen LogP contribution in [0.2, 0.25) is 15.1 Å². The zero-order chi connectivity index (χ0) is 27.2. The van der Waals surface area contributed by atoms with E-state index in [1.165, 1.54) is 48.2 Å². The molecule has 0 nitrogen and oxygen atoms in total. The van der Waals surface area contributed by atoms with Crippen molar-refractivity contribution in [1.29, 1.82) is 0 Å². The van der Waals surface area contributed by atoms with Gasteiger partial charge in [-0.1, -0.05) is 115 Å². The molecule has 2 heterocycles. The fourth-order valence-corrected chi connectivity index (χ4v) is 8.41. The van der Waals surface area contributed by atoms with Crippen LogP contribution < -0.4 is 24.8 Å². The van der Waals surface area contributed by atoms with Crippen LogP contribution in [-0.4, -0.2) is 0 Å². The number of halogens is 5. The van der Waals surface area contributed by atoms with E-state index in [4.69, 9.17) is 34.8 Å². The Balaban J connectivity index is 0.000000197. The van der Waals surface area contributed by atoms with Crippen molar-refractivity contribution in [3.63, 3.8) is 0 Å².